The van der Waals surface area contributed by atoms with Crippen molar-refractivity contribution < 1.29 is 4.39 Å². The molecule has 0 fully saturated rings. The van der Waals surface area contributed by atoms with Gasteiger partial charge in [0.25, 0.3) is 0 Å². The lowest BCUT2D eigenvalue weighted by atomic mass is 10.0. The van der Waals surface area contributed by atoms with Gasteiger partial charge in [-0.2, -0.15) is 0 Å². The standard InChI is InChI=1S/C14H20FN3S/c1-9(2)13(8-17(3)4)18-12-6-5-10(15)7-11(12)16-14(18)19/h5-7,9,13H,8H2,1-4H3,(H,16,19). The summed E-state index contributed by atoms with van der Waals surface area (Å²) in [6.45, 7) is 5.26. The van der Waals surface area contributed by atoms with Gasteiger partial charge in [0.05, 0.1) is 17.1 Å². The minimum Gasteiger partial charge on any atom is -0.330 e. The smallest absolute Gasteiger partial charge is 0.178 e. The van der Waals surface area contributed by atoms with E-state index in [-0.39, 0.29) is 11.9 Å². The number of nitrogens with zero attached hydrogens (tertiary/aromatic N) is 2. The molecule has 1 aromatic heterocycles. The van der Waals surface area contributed by atoms with Crippen LogP contribution in [0.4, 0.5) is 4.39 Å². The summed E-state index contributed by atoms with van der Waals surface area (Å²) in [5.74, 6) is 0.197. The Hall–Kier alpha value is -1.20. The Morgan fingerprint density at radius 2 is 2.05 bits per heavy atom. The highest BCUT2D eigenvalue weighted by Gasteiger charge is 2.20. The Morgan fingerprint density at radius 3 is 2.63 bits per heavy atom. The highest BCUT2D eigenvalue weighted by Crippen LogP contribution is 2.25. The number of nitrogens with one attached hydrogen (secondary N) is 1. The van der Waals surface area contributed by atoms with Crippen LogP contribution in [0.2, 0.25) is 0 Å². The van der Waals surface area contributed by atoms with Crippen molar-refractivity contribution in [2.24, 2.45) is 5.92 Å². The number of benzene rings is 1. The van der Waals surface area contributed by atoms with E-state index in [1.807, 2.05) is 14.1 Å². The van der Waals surface area contributed by atoms with E-state index in [0.29, 0.717) is 10.7 Å². The Bertz CT molecular complexity index is 627. The second-order valence-electron chi connectivity index (χ2n) is 5.54. The Morgan fingerprint density at radius 1 is 1.37 bits per heavy atom. The lowest BCUT2D eigenvalue weighted by Crippen LogP contribution is -2.28. The van der Waals surface area contributed by atoms with Gasteiger partial charge < -0.3 is 14.5 Å². The van der Waals surface area contributed by atoms with Crippen molar-refractivity contribution in [2.45, 2.75) is 19.9 Å². The van der Waals surface area contributed by atoms with Crippen molar-refractivity contribution in [1.82, 2.24) is 14.5 Å². The lowest BCUT2D eigenvalue weighted by molar-refractivity contribution is 0.272. The third-order valence-corrected chi connectivity index (χ3v) is 3.63. The van der Waals surface area contributed by atoms with E-state index in [4.69, 9.17) is 12.2 Å². The molecule has 3 nitrogen and oxygen atoms in total. The van der Waals surface area contributed by atoms with E-state index in [9.17, 15) is 4.39 Å². The average molecular weight is 281 g/mol. The van der Waals surface area contributed by atoms with Crippen LogP contribution in [0, 0.1) is 16.5 Å². The van der Waals surface area contributed by atoms with Crippen molar-refractivity contribution in [3.63, 3.8) is 0 Å². The molecule has 2 aromatic rings. The number of fused-ring (bicyclic) bond motifs is 1. The molecule has 104 valence electrons. The number of likely N-dealkylation sites (N-methyl/N-ethyl adjacent to an activating group) is 1. The molecule has 0 amide bonds. The number of hydrogen-bond acceptors (Lipinski definition) is 2. The highest BCUT2D eigenvalue weighted by atomic mass is 32.1. The maximum Gasteiger partial charge on any atom is 0.178 e. The second-order valence-corrected chi connectivity index (χ2v) is 5.92. The van der Waals surface area contributed by atoms with E-state index in [1.165, 1.54) is 12.1 Å². The first kappa shape index (κ1) is 14.2. The zero-order valence-electron chi connectivity index (χ0n) is 11.8. The summed E-state index contributed by atoms with van der Waals surface area (Å²) in [5, 5.41) is 0. The van der Waals surface area contributed by atoms with Gasteiger partial charge in [-0.05, 0) is 50.4 Å². The van der Waals surface area contributed by atoms with Crippen molar-refractivity contribution >= 4 is 23.3 Å². The highest BCUT2D eigenvalue weighted by molar-refractivity contribution is 7.71. The Labute approximate surface area is 118 Å². The van der Waals surface area contributed by atoms with E-state index >= 15 is 0 Å². The molecule has 2 rings (SSSR count). The molecule has 0 saturated carbocycles. The molecule has 1 N–H and O–H groups in total. The third-order valence-electron chi connectivity index (χ3n) is 3.33. The molecule has 0 aliphatic heterocycles. The second kappa shape index (κ2) is 5.43. The Kier molecular flexibility index (Phi) is 4.06. The average Bonchev–Trinajstić information content (AvgIpc) is 2.60. The number of rotatable bonds is 4. The minimum atomic E-state index is -0.246. The lowest BCUT2D eigenvalue weighted by Gasteiger charge is -2.26. The molecule has 1 aromatic carbocycles. The van der Waals surface area contributed by atoms with Crippen LogP contribution >= 0.6 is 12.2 Å². The summed E-state index contributed by atoms with van der Waals surface area (Å²) < 4.78 is 16.0. The predicted molar refractivity (Wildman–Crippen MR) is 79.5 cm³/mol. The molecule has 1 atom stereocenters. The van der Waals surface area contributed by atoms with Crippen molar-refractivity contribution in [3.05, 3.63) is 28.8 Å². The van der Waals surface area contributed by atoms with Crippen LogP contribution in [0.3, 0.4) is 0 Å². The topological polar surface area (TPSA) is 24.0 Å². The van der Waals surface area contributed by atoms with Crippen LogP contribution in [0.5, 0.6) is 0 Å². The third kappa shape index (κ3) is 2.87. The van der Waals surface area contributed by atoms with Gasteiger partial charge in [0.1, 0.15) is 5.82 Å². The van der Waals surface area contributed by atoms with Crippen LogP contribution in [-0.2, 0) is 0 Å². The first-order chi connectivity index (χ1) is 8.90. The fourth-order valence-corrected chi connectivity index (χ4v) is 2.74. The van der Waals surface area contributed by atoms with E-state index in [1.54, 1.807) is 6.07 Å². The molecule has 1 unspecified atom stereocenters. The normalized spacial score (nSPS) is 13.6. The first-order valence-electron chi connectivity index (χ1n) is 6.44. The van der Waals surface area contributed by atoms with Crippen LogP contribution in [0.15, 0.2) is 18.2 Å². The molecule has 0 aliphatic rings. The summed E-state index contributed by atoms with van der Waals surface area (Å²) in [4.78, 5) is 5.24. The number of aromatic amines is 1. The molecule has 0 bridgehead atoms. The van der Waals surface area contributed by atoms with Gasteiger partial charge in [-0.15, -0.1) is 0 Å². The molecule has 1 heterocycles. The summed E-state index contributed by atoms with van der Waals surface area (Å²) in [6, 6.07) is 5.03. The fourth-order valence-electron chi connectivity index (χ4n) is 2.40. The monoisotopic (exact) mass is 281 g/mol. The predicted octanol–water partition coefficient (Wildman–Crippen LogP) is 3.60. The van der Waals surface area contributed by atoms with E-state index in [0.717, 1.165) is 17.6 Å². The summed E-state index contributed by atoms with van der Waals surface area (Å²) in [6.07, 6.45) is 0. The van der Waals surface area contributed by atoms with Crippen molar-refractivity contribution in [3.8, 4) is 0 Å². The molecule has 5 heteroatoms. The van der Waals surface area contributed by atoms with Gasteiger partial charge in [-0.3, -0.25) is 0 Å². The number of halogens is 1. The molecule has 19 heavy (non-hydrogen) atoms. The van der Waals surface area contributed by atoms with Crippen LogP contribution in [0.25, 0.3) is 11.0 Å². The molecule has 0 aliphatic carbocycles. The molecular formula is C14H20FN3S. The maximum absolute atomic E-state index is 13.3. The quantitative estimate of drug-likeness (QED) is 0.866. The zero-order valence-corrected chi connectivity index (χ0v) is 12.6. The number of H-pyrrole nitrogens is 1. The largest absolute Gasteiger partial charge is 0.330 e. The number of aromatic nitrogens is 2. The Balaban J connectivity index is 2.59. The minimum absolute atomic E-state index is 0.246. The van der Waals surface area contributed by atoms with Crippen molar-refractivity contribution in [1.29, 1.82) is 0 Å². The molecular weight excluding hydrogens is 261 g/mol. The fraction of sp³-hybridized carbons (Fsp3) is 0.500. The van der Waals surface area contributed by atoms with Crippen LogP contribution < -0.4 is 0 Å². The SMILES string of the molecule is CC(C)C(CN(C)C)n1c(=S)[nH]c2cc(F)ccc21. The number of imidazole rings is 1. The van der Waals surface area contributed by atoms with Gasteiger partial charge >= 0.3 is 0 Å². The van der Waals surface area contributed by atoms with E-state index < -0.39 is 0 Å². The zero-order chi connectivity index (χ0) is 14.2. The van der Waals surface area contributed by atoms with Crippen LogP contribution in [-0.4, -0.2) is 35.1 Å². The van der Waals surface area contributed by atoms with E-state index in [2.05, 4.69) is 28.3 Å². The summed E-state index contributed by atoms with van der Waals surface area (Å²) in [5.41, 5.74) is 1.72. The van der Waals surface area contributed by atoms with Gasteiger partial charge in [-0.25, -0.2) is 4.39 Å². The maximum atomic E-state index is 13.3. The molecule has 0 saturated heterocycles. The first-order valence-corrected chi connectivity index (χ1v) is 6.85. The van der Waals surface area contributed by atoms with Gasteiger partial charge in [-0.1, -0.05) is 13.8 Å². The number of hydrogen-bond donors (Lipinski definition) is 1. The van der Waals surface area contributed by atoms with Gasteiger partial charge in [0.15, 0.2) is 4.77 Å². The summed E-state index contributed by atoms with van der Waals surface area (Å²) in [7, 11) is 4.10. The van der Waals surface area contributed by atoms with Crippen molar-refractivity contribution in [2.75, 3.05) is 20.6 Å². The van der Waals surface area contributed by atoms with Gasteiger partial charge in [0, 0.05) is 6.54 Å². The van der Waals surface area contributed by atoms with Gasteiger partial charge in [0.2, 0.25) is 0 Å². The van der Waals surface area contributed by atoms with Crippen LogP contribution in [0.1, 0.15) is 19.9 Å². The molecule has 0 spiro atoms. The summed E-state index contributed by atoms with van der Waals surface area (Å²) >= 11 is 5.41. The molecule has 0 radical (unpaired) electrons.